The normalized spacial score (nSPS) is 24.7. The van der Waals surface area contributed by atoms with Crippen LogP contribution in [0.4, 0.5) is 5.95 Å². The van der Waals surface area contributed by atoms with Crippen molar-refractivity contribution in [2.24, 2.45) is 5.92 Å². The number of thioether (sulfide) groups is 1. The van der Waals surface area contributed by atoms with Crippen LogP contribution in [0.15, 0.2) is 29.4 Å². The minimum absolute atomic E-state index is 0.170. The van der Waals surface area contributed by atoms with E-state index < -0.39 is 23.7 Å². The summed E-state index contributed by atoms with van der Waals surface area (Å²) in [6.07, 6.45) is 1.81. The number of nitrogens with one attached hydrogen (secondary N) is 1. The van der Waals surface area contributed by atoms with E-state index in [4.69, 9.17) is 27.9 Å². The Morgan fingerprint density at radius 3 is 2.85 bits per heavy atom. The van der Waals surface area contributed by atoms with Gasteiger partial charge in [-0.25, -0.2) is 0 Å². The zero-order chi connectivity index (χ0) is 18.9. The molecule has 3 rings (SSSR count). The molecule has 2 heterocycles. The number of fused-ring (bicyclic) bond motifs is 1. The van der Waals surface area contributed by atoms with Crippen molar-refractivity contribution >= 4 is 46.9 Å². The maximum Gasteiger partial charge on any atom is 0.316 e. The molecule has 10 heteroatoms. The third-order valence-electron chi connectivity index (χ3n) is 4.23. The van der Waals surface area contributed by atoms with Gasteiger partial charge >= 0.3 is 5.97 Å². The molecule has 0 spiro atoms. The first kappa shape index (κ1) is 19.3. The highest BCUT2D eigenvalue weighted by molar-refractivity contribution is 7.98. The van der Waals surface area contributed by atoms with Crippen molar-refractivity contribution < 1.29 is 14.6 Å². The molecule has 1 aromatic carbocycles. The van der Waals surface area contributed by atoms with Gasteiger partial charge in [0, 0.05) is 5.02 Å². The number of ether oxygens (including phenoxy) is 1. The SMILES string of the molecule is CCOC(=O)[C@@H]1[C@H](c2ccccc2Cl)Nc2nc(SC)nn2[C@]1(O)CCl. The Kier molecular flexibility index (Phi) is 5.67. The number of rotatable bonds is 5. The van der Waals surface area contributed by atoms with Gasteiger partial charge in [0.2, 0.25) is 11.1 Å². The summed E-state index contributed by atoms with van der Waals surface area (Å²) < 4.78 is 6.46. The standard InChI is InChI=1S/C16H18Cl2N4O3S/c1-3-25-13(23)11-12(9-6-4-5-7-10(9)18)19-14-20-15(26-2)21-22(14)16(11,24)8-17/h4-7,11-12,24H,3,8H2,1-2H3,(H,19,20,21)/t11-,12-,16-/m0/s1. The molecule has 1 aromatic heterocycles. The Bertz CT molecular complexity index is 819. The highest BCUT2D eigenvalue weighted by Crippen LogP contribution is 2.45. The first-order chi connectivity index (χ1) is 12.5. The summed E-state index contributed by atoms with van der Waals surface area (Å²) in [7, 11) is 0. The van der Waals surface area contributed by atoms with E-state index in [9.17, 15) is 9.90 Å². The summed E-state index contributed by atoms with van der Waals surface area (Å²) in [5.74, 6) is -1.63. The van der Waals surface area contributed by atoms with Crippen LogP contribution in [0.1, 0.15) is 18.5 Å². The molecule has 7 nitrogen and oxygen atoms in total. The molecule has 2 aromatic rings. The van der Waals surface area contributed by atoms with E-state index in [0.717, 1.165) is 0 Å². The van der Waals surface area contributed by atoms with Crippen LogP contribution in [0, 0.1) is 5.92 Å². The van der Waals surface area contributed by atoms with Crippen molar-refractivity contribution in [3.8, 4) is 0 Å². The Morgan fingerprint density at radius 1 is 1.50 bits per heavy atom. The van der Waals surface area contributed by atoms with Crippen LogP contribution < -0.4 is 5.32 Å². The molecule has 0 unspecified atom stereocenters. The molecule has 1 aliphatic rings. The van der Waals surface area contributed by atoms with Gasteiger partial charge in [0.15, 0.2) is 5.72 Å². The van der Waals surface area contributed by atoms with Crippen molar-refractivity contribution in [2.75, 3.05) is 24.1 Å². The number of aromatic nitrogens is 3. The third-order valence-corrected chi connectivity index (χ3v) is 5.51. The first-order valence-electron chi connectivity index (χ1n) is 7.93. The Labute approximate surface area is 165 Å². The van der Waals surface area contributed by atoms with Gasteiger partial charge in [0.1, 0.15) is 5.92 Å². The Morgan fingerprint density at radius 2 is 2.23 bits per heavy atom. The summed E-state index contributed by atoms with van der Waals surface area (Å²) in [4.78, 5) is 17.1. The van der Waals surface area contributed by atoms with Crippen LogP contribution in [0.5, 0.6) is 0 Å². The number of hydrogen-bond donors (Lipinski definition) is 2. The number of aliphatic hydroxyl groups is 1. The van der Waals surface area contributed by atoms with Gasteiger partial charge in [-0.2, -0.15) is 9.67 Å². The van der Waals surface area contributed by atoms with Gasteiger partial charge in [-0.15, -0.1) is 16.7 Å². The van der Waals surface area contributed by atoms with Crippen molar-refractivity contribution in [1.29, 1.82) is 0 Å². The molecule has 0 bridgehead atoms. The minimum Gasteiger partial charge on any atom is -0.466 e. The Balaban J connectivity index is 2.19. The number of nitrogens with zero attached hydrogens (tertiary/aromatic N) is 3. The highest BCUT2D eigenvalue weighted by atomic mass is 35.5. The highest BCUT2D eigenvalue weighted by Gasteiger charge is 2.54. The fourth-order valence-electron chi connectivity index (χ4n) is 3.05. The molecule has 0 radical (unpaired) electrons. The number of esters is 1. The summed E-state index contributed by atoms with van der Waals surface area (Å²) in [6.45, 7) is 1.87. The van der Waals surface area contributed by atoms with Crippen molar-refractivity contribution in [3.63, 3.8) is 0 Å². The van der Waals surface area contributed by atoms with Crippen molar-refractivity contribution in [3.05, 3.63) is 34.9 Å². The lowest BCUT2D eigenvalue weighted by Crippen LogP contribution is -2.55. The quantitative estimate of drug-likeness (QED) is 0.439. The molecule has 0 fully saturated rings. The maximum absolute atomic E-state index is 12.8. The smallest absolute Gasteiger partial charge is 0.316 e. The first-order valence-corrected chi connectivity index (χ1v) is 10.1. The summed E-state index contributed by atoms with van der Waals surface area (Å²) in [5, 5.41) is 19.7. The molecule has 3 atom stereocenters. The van der Waals surface area contributed by atoms with Gasteiger partial charge in [0.05, 0.1) is 18.5 Å². The molecule has 26 heavy (non-hydrogen) atoms. The largest absolute Gasteiger partial charge is 0.466 e. The third kappa shape index (κ3) is 3.15. The zero-order valence-electron chi connectivity index (χ0n) is 14.1. The van der Waals surface area contributed by atoms with E-state index in [1.807, 2.05) is 6.26 Å². The van der Waals surface area contributed by atoms with Gasteiger partial charge in [0.25, 0.3) is 0 Å². The second kappa shape index (κ2) is 7.64. The number of halogens is 2. The average Bonchev–Trinajstić information content (AvgIpc) is 3.06. The van der Waals surface area contributed by atoms with Crippen LogP contribution >= 0.6 is 35.0 Å². The second-order valence-electron chi connectivity index (χ2n) is 5.72. The molecule has 0 aliphatic carbocycles. The van der Waals surface area contributed by atoms with Crippen LogP contribution in [0.25, 0.3) is 0 Å². The fraction of sp³-hybridized carbons (Fsp3) is 0.438. The molecular weight excluding hydrogens is 399 g/mol. The van der Waals surface area contributed by atoms with E-state index in [2.05, 4.69) is 15.4 Å². The lowest BCUT2D eigenvalue weighted by atomic mass is 9.83. The lowest BCUT2D eigenvalue weighted by Gasteiger charge is -2.42. The van der Waals surface area contributed by atoms with Gasteiger partial charge in [-0.1, -0.05) is 41.6 Å². The number of benzene rings is 1. The van der Waals surface area contributed by atoms with E-state index in [1.54, 1.807) is 31.2 Å². The van der Waals surface area contributed by atoms with Crippen LogP contribution in [-0.2, 0) is 15.3 Å². The van der Waals surface area contributed by atoms with E-state index >= 15 is 0 Å². The molecule has 0 amide bonds. The minimum atomic E-state index is -1.82. The molecular formula is C16H18Cl2N4O3S. The maximum atomic E-state index is 12.8. The monoisotopic (exact) mass is 416 g/mol. The predicted octanol–water partition coefficient (Wildman–Crippen LogP) is 2.88. The number of anilines is 1. The summed E-state index contributed by atoms with van der Waals surface area (Å²) >= 11 is 13.8. The molecule has 1 aliphatic heterocycles. The van der Waals surface area contributed by atoms with Crippen LogP contribution in [-0.4, -0.2) is 44.6 Å². The molecule has 0 saturated heterocycles. The van der Waals surface area contributed by atoms with E-state index in [1.165, 1.54) is 16.4 Å². The van der Waals surface area contributed by atoms with Crippen molar-refractivity contribution in [1.82, 2.24) is 14.8 Å². The molecule has 140 valence electrons. The number of carbonyl (C=O) groups is 1. The Hall–Kier alpha value is -1.48. The summed E-state index contributed by atoms with van der Waals surface area (Å²) in [5.41, 5.74) is -1.19. The average molecular weight is 417 g/mol. The second-order valence-corrected chi connectivity index (χ2v) is 7.17. The van der Waals surface area contributed by atoms with Gasteiger partial charge < -0.3 is 15.2 Å². The predicted molar refractivity (Wildman–Crippen MR) is 101 cm³/mol. The van der Waals surface area contributed by atoms with Gasteiger partial charge in [-0.3, -0.25) is 4.79 Å². The van der Waals surface area contributed by atoms with Crippen LogP contribution in [0.3, 0.4) is 0 Å². The summed E-state index contributed by atoms with van der Waals surface area (Å²) in [6, 6.07) is 6.40. The fourth-order valence-corrected chi connectivity index (χ4v) is 3.92. The molecule has 2 N–H and O–H groups in total. The number of alkyl halides is 1. The zero-order valence-corrected chi connectivity index (χ0v) is 16.5. The molecule has 0 saturated carbocycles. The number of hydrogen-bond acceptors (Lipinski definition) is 7. The lowest BCUT2D eigenvalue weighted by molar-refractivity contribution is -0.170. The van der Waals surface area contributed by atoms with Crippen molar-refractivity contribution in [2.45, 2.75) is 23.8 Å². The van der Waals surface area contributed by atoms with E-state index in [0.29, 0.717) is 21.7 Å². The van der Waals surface area contributed by atoms with E-state index in [-0.39, 0.29) is 12.5 Å². The number of carbonyl (C=O) groups excluding carboxylic acids is 1. The van der Waals surface area contributed by atoms with Crippen LogP contribution in [0.2, 0.25) is 5.02 Å². The topological polar surface area (TPSA) is 89.3 Å². The van der Waals surface area contributed by atoms with Gasteiger partial charge in [-0.05, 0) is 24.8 Å².